The van der Waals surface area contributed by atoms with E-state index < -0.39 is 0 Å². The van der Waals surface area contributed by atoms with E-state index in [-0.39, 0.29) is 17.2 Å². The molecule has 0 unspecified atom stereocenters. The van der Waals surface area contributed by atoms with Gasteiger partial charge >= 0.3 is 0 Å². The highest BCUT2D eigenvalue weighted by Crippen LogP contribution is 2.34. The first-order chi connectivity index (χ1) is 12.6. The molecule has 26 heavy (non-hydrogen) atoms. The van der Waals surface area contributed by atoms with E-state index in [1.165, 1.54) is 28.6 Å². The number of benzene rings is 1. The number of nitrogens with one attached hydrogen (secondary N) is 2. The molecule has 0 aliphatic heterocycles. The highest BCUT2D eigenvalue weighted by atomic mass is 35.5. The molecule has 3 aromatic rings. The Morgan fingerprint density at radius 3 is 3.04 bits per heavy atom. The van der Waals surface area contributed by atoms with Crippen LogP contribution in [0.25, 0.3) is 10.2 Å². The Hall–Kier alpha value is -1.83. The van der Waals surface area contributed by atoms with Gasteiger partial charge in [-0.05, 0) is 49.4 Å². The molecule has 0 atom stereocenters. The summed E-state index contributed by atoms with van der Waals surface area (Å²) in [6.07, 6.45) is 4.27. The molecule has 0 spiro atoms. The molecule has 0 radical (unpaired) electrons. The summed E-state index contributed by atoms with van der Waals surface area (Å²) in [6, 6.07) is 6.98. The maximum absolute atomic E-state index is 12.5. The molecule has 0 saturated carbocycles. The molecular formula is C18H16ClN3O2S2. The zero-order valence-corrected chi connectivity index (χ0v) is 16.2. The molecule has 2 heterocycles. The predicted octanol–water partition coefficient (Wildman–Crippen LogP) is 4.25. The Bertz CT molecular complexity index is 1040. The first kappa shape index (κ1) is 17.6. The number of hydrogen-bond donors (Lipinski definition) is 2. The van der Waals surface area contributed by atoms with Crippen LogP contribution in [0.5, 0.6) is 0 Å². The third kappa shape index (κ3) is 3.65. The van der Waals surface area contributed by atoms with Gasteiger partial charge in [0.05, 0.1) is 11.1 Å². The molecule has 0 bridgehead atoms. The Balaban J connectivity index is 1.49. The molecule has 2 aromatic heterocycles. The maximum Gasteiger partial charge on any atom is 0.260 e. The van der Waals surface area contributed by atoms with Gasteiger partial charge in [-0.2, -0.15) is 0 Å². The van der Waals surface area contributed by atoms with Gasteiger partial charge in [-0.15, -0.1) is 11.3 Å². The van der Waals surface area contributed by atoms with Crippen LogP contribution in [-0.2, 0) is 17.6 Å². The van der Waals surface area contributed by atoms with Crippen molar-refractivity contribution < 1.29 is 4.79 Å². The molecule has 1 aliphatic rings. The van der Waals surface area contributed by atoms with Gasteiger partial charge in [-0.1, -0.05) is 29.4 Å². The number of fused-ring (bicyclic) bond motifs is 3. The number of rotatable bonds is 4. The second-order valence-electron chi connectivity index (χ2n) is 6.11. The Morgan fingerprint density at radius 2 is 2.19 bits per heavy atom. The van der Waals surface area contributed by atoms with Crippen molar-refractivity contribution in [1.29, 1.82) is 0 Å². The van der Waals surface area contributed by atoms with Crippen LogP contribution in [-0.4, -0.2) is 21.6 Å². The van der Waals surface area contributed by atoms with Crippen molar-refractivity contribution in [3.05, 3.63) is 50.1 Å². The van der Waals surface area contributed by atoms with Gasteiger partial charge in [0.15, 0.2) is 5.16 Å². The van der Waals surface area contributed by atoms with Crippen LogP contribution >= 0.6 is 34.7 Å². The first-order valence-electron chi connectivity index (χ1n) is 8.33. The third-order valence-electron chi connectivity index (χ3n) is 4.25. The molecule has 8 heteroatoms. The van der Waals surface area contributed by atoms with Crippen molar-refractivity contribution in [1.82, 2.24) is 9.97 Å². The number of amides is 1. The van der Waals surface area contributed by atoms with E-state index in [1.807, 2.05) is 0 Å². The van der Waals surface area contributed by atoms with Gasteiger partial charge in [0.1, 0.15) is 4.83 Å². The molecule has 5 nitrogen and oxygen atoms in total. The number of carbonyl (C=O) groups is 1. The van der Waals surface area contributed by atoms with Crippen LogP contribution in [0.2, 0.25) is 5.02 Å². The molecule has 1 amide bonds. The Morgan fingerprint density at radius 1 is 1.35 bits per heavy atom. The van der Waals surface area contributed by atoms with Gasteiger partial charge in [-0.3, -0.25) is 9.59 Å². The number of carbonyl (C=O) groups excluding carboxylic acids is 1. The minimum absolute atomic E-state index is 0.104. The molecule has 2 N–H and O–H groups in total. The molecule has 0 saturated heterocycles. The van der Waals surface area contributed by atoms with Crippen LogP contribution in [0.15, 0.2) is 34.2 Å². The summed E-state index contributed by atoms with van der Waals surface area (Å²) in [5.41, 5.74) is 1.71. The normalized spacial score (nSPS) is 13.6. The number of H-pyrrole nitrogens is 1. The zero-order chi connectivity index (χ0) is 18.1. The van der Waals surface area contributed by atoms with E-state index in [0.29, 0.717) is 15.9 Å². The maximum atomic E-state index is 12.5. The second-order valence-corrected chi connectivity index (χ2v) is 8.59. The number of halogens is 1. The molecule has 0 fully saturated rings. The number of thioether (sulfide) groups is 1. The van der Waals surface area contributed by atoms with E-state index in [2.05, 4.69) is 15.3 Å². The summed E-state index contributed by atoms with van der Waals surface area (Å²) < 4.78 is 0. The number of aromatic nitrogens is 2. The molecule has 1 aromatic carbocycles. The zero-order valence-electron chi connectivity index (χ0n) is 13.8. The van der Waals surface area contributed by atoms with Gasteiger partial charge in [0.2, 0.25) is 5.91 Å². The fourth-order valence-electron chi connectivity index (χ4n) is 3.11. The highest BCUT2D eigenvalue weighted by Gasteiger charge is 2.20. The fraction of sp³-hybridized carbons (Fsp3) is 0.278. The van der Waals surface area contributed by atoms with Gasteiger partial charge in [0.25, 0.3) is 5.56 Å². The van der Waals surface area contributed by atoms with E-state index in [0.717, 1.165) is 29.5 Å². The lowest BCUT2D eigenvalue weighted by Gasteiger charge is -2.09. The predicted molar refractivity (Wildman–Crippen MR) is 108 cm³/mol. The number of anilines is 1. The molecule has 134 valence electrons. The second kappa shape index (κ2) is 7.42. The minimum Gasteiger partial charge on any atom is -0.325 e. The SMILES string of the molecule is O=C(CSc1nc2sc3c(c2c(=O)[nH]1)CCCC3)Nc1cccc(Cl)c1. The number of thiophene rings is 1. The van der Waals surface area contributed by atoms with Crippen molar-refractivity contribution >= 4 is 56.5 Å². The van der Waals surface area contributed by atoms with E-state index in [4.69, 9.17) is 11.6 Å². The highest BCUT2D eigenvalue weighted by molar-refractivity contribution is 7.99. The smallest absolute Gasteiger partial charge is 0.260 e. The Labute approximate surface area is 163 Å². The Kier molecular flexibility index (Phi) is 5.02. The van der Waals surface area contributed by atoms with Crippen LogP contribution in [0, 0.1) is 0 Å². The van der Waals surface area contributed by atoms with Crippen molar-refractivity contribution in [2.75, 3.05) is 11.1 Å². The monoisotopic (exact) mass is 405 g/mol. The van der Waals surface area contributed by atoms with Crippen LogP contribution < -0.4 is 10.9 Å². The topological polar surface area (TPSA) is 74.8 Å². The lowest BCUT2D eigenvalue weighted by Crippen LogP contribution is -2.15. The minimum atomic E-state index is -0.175. The van der Waals surface area contributed by atoms with Crippen molar-refractivity contribution in [3.8, 4) is 0 Å². The summed E-state index contributed by atoms with van der Waals surface area (Å²) in [4.78, 5) is 34.0. The van der Waals surface area contributed by atoms with Gasteiger partial charge in [-0.25, -0.2) is 4.98 Å². The van der Waals surface area contributed by atoms with Crippen molar-refractivity contribution in [2.24, 2.45) is 0 Å². The van der Waals surface area contributed by atoms with Crippen LogP contribution in [0.4, 0.5) is 5.69 Å². The lowest BCUT2D eigenvalue weighted by molar-refractivity contribution is -0.113. The van der Waals surface area contributed by atoms with Crippen molar-refractivity contribution in [2.45, 2.75) is 30.8 Å². The van der Waals surface area contributed by atoms with E-state index >= 15 is 0 Å². The lowest BCUT2D eigenvalue weighted by atomic mass is 9.97. The largest absolute Gasteiger partial charge is 0.325 e. The number of nitrogens with zero attached hydrogens (tertiary/aromatic N) is 1. The van der Waals surface area contributed by atoms with E-state index in [9.17, 15) is 9.59 Å². The first-order valence-corrected chi connectivity index (χ1v) is 10.5. The average molecular weight is 406 g/mol. The average Bonchev–Trinajstić information content (AvgIpc) is 2.99. The summed E-state index contributed by atoms with van der Waals surface area (Å²) in [5.74, 6) is -0.0167. The van der Waals surface area contributed by atoms with Crippen molar-refractivity contribution in [3.63, 3.8) is 0 Å². The molecule has 1 aliphatic carbocycles. The number of aromatic amines is 1. The quantitative estimate of drug-likeness (QED) is 0.502. The summed E-state index contributed by atoms with van der Waals surface area (Å²) in [7, 11) is 0. The van der Waals surface area contributed by atoms with E-state index in [1.54, 1.807) is 35.6 Å². The molecular weight excluding hydrogens is 390 g/mol. The number of hydrogen-bond acceptors (Lipinski definition) is 5. The van der Waals surface area contributed by atoms with Crippen LogP contribution in [0.3, 0.4) is 0 Å². The third-order valence-corrected chi connectivity index (χ3v) is 6.55. The number of aryl methyl sites for hydroxylation is 2. The standard InChI is InChI=1S/C18H16ClN3O2S2/c19-10-4-3-5-11(8-10)20-14(23)9-25-18-21-16(24)15-12-6-1-2-7-13(12)26-17(15)22-18/h3-5,8H,1-2,6-7,9H2,(H,20,23)(H,21,22,24). The summed E-state index contributed by atoms with van der Waals surface area (Å²) in [5, 5.41) is 4.55. The van der Waals surface area contributed by atoms with Gasteiger partial charge < -0.3 is 10.3 Å². The fourth-order valence-corrected chi connectivity index (χ4v) is 5.28. The molecule has 4 rings (SSSR count). The summed E-state index contributed by atoms with van der Waals surface area (Å²) in [6.45, 7) is 0. The van der Waals surface area contributed by atoms with Gasteiger partial charge in [0, 0.05) is 15.6 Å². The van der Waals surface area contributed by atoms with Crippen LogP contribution in [0.1, 0.15) is 23.3 Å². The summed E-state index contributed by atoms with van der Waals surface area (Å²) >= 11 is 8.74.